The Morgan fingerprint density at radius 3 is 2.54 bits per heavy atom. The molecule has 2 saturated heterocycles. The van der Waals surface area contributed by atoms with Crippen LogP contribution >= 0.6 is 0 Å². The van der Waals surface area contributed by atoms with E-state index in [1.807, 2.05) is 9.80 Å². The van der Waals surface area contributed by atoms with E-state index in [0.29, 0.717) is 17.9 Å². The summed E-state index contributed by atoms with van der Waals surface area (Å²) in [5.41, 5.74) is 0.611. The molecule has 1 aromatic rings. The van der Waals surface area contributed by atoms with E-state index in [0.717, 1.165) is 52.1 Å². The van der Waals surface area contributed by atoms with Crippen molar-refractivity contribution in [2.75, 3.05) is 45.8 Å². The minimum absolute atomic E-state index is 0.0189. The van der Waals surface area contributed by atoms with Gasteiger partial charge in [-0.15, -0.1) is 0 Å². The summed E-state index contributed by atoms with van der Waals surface area (Å²) in [6, 6.07) is 1.72. The van der Waals surface area contributed by atoms with Gasteiger partial charge in [0.2, 0.25) is 5.91 Å². The molecule has 0 saturated carbocycles. The Morgan fingerprint density at radius 2 is 1.92 bits per heavy atom. The van der Waals surface area contributed by atoms with Crippen LogP contribution in [0.15, 0.2) is 16.7 Å². The van der Waals surface area contributed by atoms with Crippen LogP contribution < -0.4 is 0 Å². The maximum atomic E-state index is 12.8. The number of piperidine rings is 1. The molecule has 2 fully saturated rings. The predicted octanol–water partition coefficient (Wildman–Crippen LogP) is 1.60. The van der Waals surface area contributed by atoms with Crippen molar-refractivity contribution in [3.8, 4) is 0 Å². The van der Waals surface area contributed by atoms with E-state index >= 15 is 0 Å². The van der Waals surface area contributed by atoms with Crippen LogP contribution in [0.3, 0.4) is 0 Å². The lowest BCUT2D eigenvalue weighted by molar-refractivity contribution is -0.138. The highest BCUT2D eigenvalue weighted by Gasteiger charge is 2.33. The van der Waals surface area contributed by atoms with Gasteiger partial charge in [0.1, 0.15) is 5.76 Å². The molecule has 6 nitrogen and oxygen atoms in total. The molecule has 0 aromatic carbocycles. The van der Waals surface area contributed by atoms with Crippen LogP contribution in [-0.4, -0.2) is 72.3 Å². The third kappa shape index (κ3) is 3.48. The predicted molar refractivity (Wildman–Crippen MR) is 90.8 cm³/mol. The van der Waals surface area contributed by atoms with Gasteiger partial charge in [-0.3, -0.25) is 9.59 Å². The van der Waals surface area contributed by atoms with Crippen molar-refractivity contribution in [3.05, 3.63) is 23.7 Å². The average Bonchev–Trinajstić information content (AvgIpc) is 3.06. The molecule has 24 heavy (non-hydrogen) atoms. The summed E-state index contributed by atoms with van der Waals surface area (Å²) in [6.45, 7) is 9.74. The molecule has 0 spiro atoms. The summed E-state index contributed by atoms with van der Waals surface area (Å²) in [6.07, 6.45) is 3.30. The average molecular weight is 333 g/mol. The van der Waals surface area contributed by atoms with Crippen molar-refractivity contribution in [2.45, 2.75) is 26.7 Å². The second-order valence-corrected chi connectivity index (χ2v) is 6.74. The Labute approximate surface area is 143 Å². The van der Waals surface area contributed by atoms with Crippen molar-refractivity contribution in [1.29, 1.82) is 0 Å². The minimum Gasteiger partial charge on any atom is -0.469 e. The number of carbonyl (C=O) groups excluding carboxylic acids is 2. The van der Waals surface area contributed by atoms with Crippen LogP contribution in [-0.2, 0) is 4.79 Å². The summed E-state index contributed by atoms with van der Waals surface area (Å²) in [5.74, 6) is 0.772. The maximum Gasteiger partial charge on any atom is 0.257 e. The largest absolute Gasteiger partial charge is 0.469 e. The number of nitrogens with zero attached hydrogens (tertiary/aromatic N) is 3. The number of carbonyl (C=O) groups is 2. The van der Waals surface area contributed by atoms with Gasteiger partial charge in [0.15, 0.2) is 0 Å². The molecular formula is C18H27N3O3. The van der Waals surface area contributed by atoms with Crippen molar-refractivity contribution in [3.63, 3.8) is 0 Å². The van der Waals surface area contributed by atoms with Gasteiger partial charge in [-0.05, 0) is 32.4 Å². The summed E-state index contributed by atoms with van der Waals surface area (Å²) in [7, 11) is 0. The number of likely N-dealkylation sites (tertiary alicyclic amines) is 1. The van der Waals surface area contributed by atoms with Gasteiger partial charge in [-0.25, -0.2) is 0 Å². The Balaban J connectivity index is 1.60. The molecule has 3 rings (SSSR count). The SMILES string of the molecule is CCN1CCN(C(=O)[C@H]2CCCN(C(=O)c3ccoc3C)C2)CC1. The highest BCUT2D eigenvalue weighted by Crippen LogP contribution is 2.22. The normalized spacial score (nSPS) is 22.7. The number of piperazine rings is 1. The fraction of sp³-hybridized carbons (Fsp3) is 0.667. The second kappa shape index (κ2) is 7.38. The summed E-state index contributed by atoms with van der Waals surface area (Å²) in [4.78, 5) is 31.6. The molecule has 3 heterocycles. The van der Waals surface area contributed by atoms with E-state index in [-0.39, 0.29) is 17.7 Å². The summed E-state index contributed by atoms with van der Waals surface area (Å²) >= 11 is 0. The minimum atomic E-state index is -0.0666. The van der Waals surface area contributed by atoms with Crippen LogP contribution in [0.25, 0.3) is 0 Å². The molecule has 0 radical (unpaired) electrons. The molecule has 0 unspecified atom stereocenters. The number of hydrogen-bond acceptors (Lipinski definition) is 4. The lowest BCUT2D eigenvalue weighted by Crippen LogP contribution is -2.52. The van der Waals surface area contributed by atoms with E-state index in [2.05, 4.69) is 11.8 Å². The number of amides is 2. The van der Waals surface area contributed by atoms with Crippen LogP contribution in [0.1, 0.15) is 35.9 Å². The first-order chi connectivity index (χ1) is 11.6. The molecule has 0 aliphatic carbocycles. The summed E-state index contributed by atoms with van der Waals surface area (Å²) in [5, 5.41) is 0. The van der Waals surface area contributed by atoms with Gasteiger partial charge >= 0.3 is 0 Å². The quantitative estimate of drug-likeness (QED) is 0.843. The Hall–Kier alpha value is -1.82. The lowest BCUT2D eigenvalue weighted by atomic mass is 9.95. The van der Waals surface area contributed by atoms with Crippen LogP contribution in [0.4, 0.5) is 0 Å². The van der Waals surface area contributed by atoms with E-state index < -0.39 is 0 Å². The van der Waals surface area contributed by atoms with E-state index in [4.69, 9.17) is 4.42 Å². The number of likely N-dealkylation sites (N-methyl/N-ethyl adjacent to an activating group) is 1. The van der Waals surface area contributed by atoms with Crippen molar-refractivity contribution >= 4 is 11.8 Å². The fourth-order valence-electron chi connectivity index (χ4n) is 3.68. The standard InChI is InChI=1S/C18H27N3O3/c1-3-19-8-10-20(11-9-19)17(22)15-5-4-7-21(13-15)18(23)16-6-12-24-14(16)2/h6,12,15H,3-5,7-11,13H2,1-2H3/t15-/m0/s1. The molecule has 0 N–H and O–H groups in total. The third-order valence-corrected chi connectivity index (χ3v) is 5.28. The highest BCUT2D eigenvalue weighted by molar-refractivity contribution is 5.95. The van der Waals surface area contributed by atoms with Gasteiger partial charge in [0.05, 0.1) is 17.7 Å². The Morgan fingerprint density at radius 1 is 1.17 bits per heavy atom. The van der Waals surface area contributed by atoms with Crippen molar-refractivity contribution in [2.24, 2.45) is 5.92 Å². The molecule has 0 bridgehead atoms. The lowest BCUT2D eigenvalue weighted by Gasteiger charge is -2.38. The van der Waals surface area contributed by atoms with Gasteiger partial charge in [-0.2, -0.15) is 0 Å². The highest BCUT2D eigenvalue weighted by atomic mass is 16.3. The van der Waals surface area contributed by atoms with Gasteiger partial charge in [0, 0.05) is 39.3 Å². The zero-order chi connectivity index (χ0) is 17.1. The molecule has 1 atom stereocenters. The van der Waals surface area contributed by atoms with E-state index in [1.165, 1.54) is 0 Å². The zero-order valence-electron chi connectivity index (χ0n) is 14.7. The third-order valence-electron chi connectivity index (χ3n) is 5.28. The molecular weight excluding hydrogens is 306 g/mol. The van der Waals surface area contributed by atoms with Gasteiger partial charge < -0.3 is 19.1 Å². The van der Waals surface area contributed by atoms with Crippen LogP contribution in [0.5, 0.6) is 0 Å². The van der Waals surface area contributed by atoms with Crippen LogP contribution in [0, 0.1) is 12.8 Å². The molecule has 2 aliphatic heterocycles. The first-order valence-corrected chi connectivity index (χ1v) is 8.94. The summed E-state index contributed by atoms with van der Waals surface area (Å²) < 4.78 is 5.24. The number of hydrogen-bond donors (Lipinski definition) is 0. The second-order valence-electron chi connectivity index (χ2n) is 6.74. The van der Waals surface area contributed by atoms with Crippen molar-refractivity contribution < 1.29 is 14.0 Å². The molecule has 6 heteroatoms. The van der Waals surface area contributed by atoms with Gasteiger partial charge in [0.25, 0.3) is 5.91 Å². The topological polar surface area (TPSA) is 57.0 Å². The van der Waals surface area contributed by atoms with Crippen molar-refractivity contribution in [1.82, 2.24) is 14.7 Å². The number of aryl methyl sites for hydroxylation is 1. The monoisotopic (exact) mass is 333 g/mol. The molecule has 132 valence electrons. The first kappa shape index (κ1) is 17.0. The molecule has 1 aromatic heterocycles. The van der Waals surface area contributed by atoms with Gasteiger partial charge in [-0.1, -0.05) is 6.92 Å². The fourth-order valence-corrected chi connectivity index (χ4v) is 3.68. The Kier molecular flexibility index (Phi) is 5.23. The van der Waals surface area contributed by atoms with E-state index in [9.17, 15) is 9.59 Å². The molecule has 2 aliphatic rings. The van der Waals surface area contributed by atoms with E-state index in [1.54, 1.807) is 19.3 Å². The van der Waals surface area contributed by atoms with Crippen LogP contribution in [0.2, 0.25) is 0 Å². The Bertz CT molecular complexity index is 590. The molecule has 2 amide bonds. The first-order valence-electron chi connectivity index (χ1n) is 8.94. The smallest absolute Gasteiger partial charge is 0.257 e. The zero-order valence-corrected chi connectivity index (χ0v) is 14.7. The number of rotatable bonds is 3. The number of furan rings is 1. The maximum absolute atomic E-state index is 12.8.